The lowest BCUT2D eigenvalue weighted by Crippen LogP contribution is -2.13. The molecule has 0 aliphatic heterocycles. The number of amides is 1. The Morgan fingerprint density at radius 2 is 1.71 bits per heavy atom. The van der Waals surface area contributed by atoms with Gasteiger partial charge in [-0.25, -0.2) is 0 Å². The van der Waals surface area contributed by atoms with Crippen LogP contribution >= 0.6 is 11.3 Å². The van der Waals surface area contributed by atoms with Crippen LogP contribution in [-0.2, 0) is 6.54 Å². The van der Waals surface area contributed by atoms with Gasteiger partial charge in [0.1, 0.15) is 0 Å². The van der Waals surface area contributed by atoms with Crippen molar-refractivity contribution in [2.75, 3.05) is 5.32 Å². The fourth-order valence-corrected chi connectivity index (χ4v) is 5.47. The number of fused-ring (bicyclic) bond motifs is 2. The summed E-state index contributed by atoms with van der Waals surface area (Å²) in [5, 5.41) is 5.38. The predicted octanol–water partition coefficient (Wildman–Crippen LogP) is 7.53. The van der Waals surface area contributed by atoms with Crippen LogP contribution in [0.5, 0.6) is 0 Å². The minimum Gasteiger partial charge on any atom is -0.350 e. The summed E-state index contributed by atoms with van der Waals surface area (Å²) < 4.78 is 3.39. The van der Waals surface area contributed by atoms with Gasteiger partial charge in [0.2, 0.25) is 0 Å². The van der Waals surface area contributed by atoms with Crippen molar-refractivity contribution in [1.29, 1.82) is 0 Å². The molecular weight excluding hydrogens is 450 g/mol. The van der Waals surface area contributed by atoms with E-state index in [1.165, 1.54) is 15.0 Å². The molecular formula is C30H23N3OS. The standard InChI is InChI=1S/C30H23N3OS/c1-20-26(13-12-25-16-21(18-31-29(20)25)19-33-14-4-5-15-33)32-30(34)23-10-8-22(9-11-23)28-17-24-6-2-3-7-27(24)35-28/h2-18H,19H2,1H3,(H,32,34). The molecule has 3 heterocycles. The van der Waals surface area contributed by atoms with Gasteiger partial charge in [-0.3, -0.25) is 9.78 Å². The third-order valence-corrected chi connectivity index (χ3v) is 7.46. The molecule has 0 radical (unpaired) electrons. The summed E-state index contributed by atoms with van der Waals surface area (Å²) in [6.07, 6.45) is 6.00. The molecule has 0 atom stereocenters. The lowest BCUT2D eigenvalue weighted by Gasteiger charge is -2.12. The molecule has 6 rings (SSSR count). The Balaban J connectivity index is 1.21. The molecule has 0 saturated heterocycles. The Morgan fingerprint density at radius 1 is 0.914 bits per heavy atom. The van der Waals surface area contributed by atoms with Crippen LogP contribution in [0.2, 0.25) is 0 Å². The average Bonchev–Trinajstić information content (AvgIpc) is 3.56. The van der Waals surface area contributed by atoms with Crippen molar-refractivity contribution >= 4 is 43.9 Å². The first-order valence-electron chi connectivity index (χ1n) is 11.5. The van der Waals surface area contributed by atoms with Crippen LogP contribution in [0.25, 0.3) is 31.4 Å². The molecule has 3 aromatic heterocycles. The minimum atomic E-state index is -0.125. The Hall–Kier alpha value is -4.22. The molecule has 6 aromatic rings. The lowest BCUT2D eigenvalue weighted by atomic mass is 10.1. The first-order chi connectivity index (χ1) is 17.1. The average molecular weight is 474 g/mol. The molecule has 0 spiro atoms. The highest BCUT2D eigenvalue weighted by atomic mass is 32.1. The summed E-state index contributed by atoms with van der Waals surface area (Å²) in [6.45, 7) is 2.78. The molecule has 3 aromatic carbocycles. The van der Waals surface area contributed by atoms with Crippen molar-refractivity contribution < 1.29 is 4.79 Å². The Kier molecular flexibility index (Phi) is 5.39. The molecule has 5 heteroatoms. The highest BCUT2D eigenvalue weighted by Gasteiger charge is 2.12. The molecule has 0 fully saturated rings. The van der Waals surface area contributed by atoms with Crippen LogP contribution in [-0.4, -0.2) is 15.5 Å². The minimum absolute atomic E-state index is 0.125. The lowest BCUT2D eigenvalue weighted by molar-refractivity contribution is 0.102. The summed E-state index contributed by atoms with van der Waals surface area (Å²) in [6, 6.07) is 28.6. The number of nitrogens with one attached hydrogen (secondary N) is 1. The van der Waals surface area contributed by atoms with E-state index in [4.69, 9.17) is 4.98 Å². The summed E-state index contributed by atoms with van der Waals surface area (Å²) in [4.78, 5) is 18.9. The number of aromatic nitrogens is 2. The smallest absolute Gasteiger partial charge is 0.255 e. The number of carbonyl (C=O) groups is 1. The zero-order chi connectivity index (χ0) is 23.8. The van der Waals surface area contributed by atoms with Crippen LogP contribution in [0.15, 0.2) is 104 Å². The molecule has 0 bridgehead atoms. The molecule has 0 unspecified atom stereocenters. The van der Waals surface area contributed by atoms with E-state index in [1.54, 1.807) is 11.3 Å². The molecule has 0 aliphatic carbocycles. The van der Waals surface area contributed by atoms with E-state index < -0.39 is 0 Å². The molecule has 1 N–H and O–H groups in total. The summed E-state index contributed by atoms with van der Waals surface area (Å²) in [7, 11) is 0. The summed E-state index contributed by atoms with van der Waals surface area (Å²) >= 11 is 1.76. The van der Waals surface area contributed by atoms with E-state index in [9.17, 15) is 4.79 Å². The van der Waals surface area contributed by atoms with Crippen LogP contribution < -0.4 is 5.32 Å². The van der Waals surface area contributed by atoms with Gasteiger partial charge in [-0.1, -0.05) is 36.4 Å². The third kappa shape index (κ3) is 4.22. The van der Waals surface area contributed by atoms with E-state index in [0.717, 1.165) is 39.8 Å². The first-order valence-corrected chi connectivity index (χ1v) is 12.3. The number of anilines is 1. The number of benzene rings is 3. The van der Waals surface area contributed by atoms with Gasteiger partial charge >= 0.3 is 0 Å². The molecule has 35 heavy (non-hydrogen) atoms. The highest BCUT2D eigenvalue weighted by molar-refractivity contribution is 7.22. The van der Waals surface area contributed by atoms with Crippen molar-refractivity contribution in [3.63, 3.8) is 0 Å². The van der Waals surface area contributed by atoms with Gasteiger partial charge in [0, 0.05) is 51.3 Å². The number of carbonyl (C=O) groups excluding carboxylic acids is 1. The van der Waals surface area contributed by atoms with Gasteiger partial charge < -0.3 is 9.88 Å². The second-order valence-corrected chi connectivity index (χ2v) is 9.77. The second-order valence-electron chi connectivity index (χ2n) is 8.69. The topological polar surface area (TPSA) is 46.9 Å². The predicted molar refractivity (Wildman–Crippen MR) is 145 cm³/mol. The highest BCUT2D eigenvalue weighted by Crippen LogP contribution is 2.33. The maximum atomic E-state index is 13.0. The summed E-state index contributed by atoms with van der Waals surface area (Å²) in [5.74, 6) is -0.125. The summed E-state index contributed by atoms with van der Waals surface area (Å²) in [5.41, 5.74) is 5.53. The fraction of sp³-hybridized carbons (Fsp3) is 0.0667. The van der Waals surface area contributed by atoms with E-state index in [2.05, 4.69) is 46.3 Å². The van der Waals surface area contributed by atoms with E-state index in [0.29, 0.717) is 5.56 Å². The van der Waals surface area contributed by atoms with Crippen molar-refractivity contribution in [3.8, 4) is 10.4 Å². The molecule has 4 nitrogen and oxygen atoms in total. The number of rotatable bonds is 5. The van der Waals surface area contributed by atoms with Crippen molar-refractivity contribution in [2.45, 2.75) is 13.5 Å². The fourth-order valence-electron chi connectivity index (χ4n) is 4.41. The molecule has 170 valence electrons. The largest absolute Gasteiger partial charge is 0.350 e. The van der Waals surface area contributed by atoms with Crippen LogP contribution in [0.3, 0.4) is 0 Å². The number of aryl methyl sites for hydroxylation is 1. The van der Waals surface area contributed by atoms with E-state index in [1.807, 2.05) is 74.0 Å². The number of thiophene rings is 1. The first kappa shape index (κ1) is 21.3. The number of pyridine rings is 1. The van der Waals surface area contributed by atoms with Gasteiger partial charge in [0.15, 0.2) is 0 Å². The van der Waals surface area contributed by atoms with E-state index in [-0.39, 0.29) is 5.91 Å². The zero-order valence-electron chi connectivity index (χ0n) is 19.2. The number of nitrogens with zero attached hydrogens (tertiary/aromatic N) is 2. The SMILES string of the molecule is Cc1c(NC(=O)c2ccc(-c3cc4ccccc4s3)cc2)ccc2cc(Cn3cccc3)cnc12. The van der Waals surface area contributed by atoms with Crippen molar-refractivity contribution in [3.05, 3.63) is 120 Å². The molecule has 1 amide bonds. The molecule has 0 saturated carbocycles. The van der Waals surface area contributed by atoms with Crippen LogP contribution in [0.4, 0.5) is 5.69 Å². The zero-order valence-corrected chi connectivity index (χ0v) is 20.0. The quantitative estimate of drug-likeness (QED) is 0.281. The number of hydrogen-bond acceptors (Lipinski definition) is 3. The van der Waals surface area contributed by atoms with Gasteiger partial charge in [-0.15, -0.1) is 11.3 Å². The number of hydrogen-bond donors (Lipinski definition) is 1. The van der Waals surface area contributed by atoms with Crippen molar-refractivity contribution in [2.24, 2.45) is 0 Å². The van der Waals surface area contributed by atoms with E-state index >= 15 is 0 Å². The second kappa shape index (κ2) is 8.85. The van der Waals surface area contributed by atoms with Crippen molar-refractivity contribution in [1.82, 2.24) is 9.55 Å². The normalized spacial score (nSPS) is 11.2. The Morgan fingerprint density at radius 3 is 2.51 bits per heavy atom. The molecule has 0 aliphatic rings. The van der Waals surface area contributed by atoms with Gasteiger partial charge in [0.25, 0.3) is 5.91 Å². The van der Waals surface area contributed by atoms with Gasteiger partial charge in [0.05, 0.1) is 5.52 Å². The Labute approximate surface area is 207 Å². The van der Waals surface area contributed by atoms with Gasteiger partial charge in [-0.2, -0.15) is 0 Å². The van der Waals surface area contributed by atoms with Gasteiger partial charge in [-0.05, 0) is 77.5 Å². The van der Waals surface area contributed by atoms with Crippen LogP contribution in [0.1, 0.15) is 21.5 Å². The third-order valence-electron chi connectivity index (χ3n) is 6.30. The maximum absolute atomic E-state index is 13.0. The van der Waals surface area contributed by atoms with Crippen LogP contribution in [0, 0.1) is 6.92 Å². The maximum Gasteiger partial charge on any atom is 0.255 e. The monoisotopic (exact) mass is 473 g/mol. The Bertz CT molecular complexity index is 1630.